The number of aromatic amines is 1. The first-order valence-electron chi connectivity index (χ1n) is 9.67. The topological polar surface area (TPSA) is 127 Å². The predicted molar refractivity (Wildman–Crippen MR) is 120 cm³/mol. The highest BCUT2D eigenvalue weighted by molar-refractivity contribution is 5.94. The van der Waals surface area contributed by atoms with Crippen LogP contribution in [0.3, 0.4) is 0 Å². The molecule has 0 aliphatic rings. The number of aromatic nitrogens is 2. The molecule has 0 aliphatic carbocycles. The zero-order chi connectivity index (χ0) is 22.8. The van der Waals surface area contributed by atoms with Crippen molar-refractivity contribution in [1.29, 1.82) is 0 Å². The second-order valence-corrected chi connectivity index (χ2v) is 6.51. The number of hydrogen-bond donors (Lipinski definition) is 5. The third-order valence-corrected chi connectivity index (χ3v) is 4.27. The molecule has 0 bridgehead atoms. The van der Waals surface area contributed by atoms with Gasteiger partial charge < -0.3 is 25.8 Å². The van der Waals surface area contributed by atoms with Gasteiger partial charge in [-0.05, 0) is 60.4 Å². The number of nitrogens with one attached hydrogen (secondary N) is 3. The van der Waals surface area contributed by atoms with Crippen LogP contribution in [0.4, 0.5) is 5.69 Å². The van der Waals surface area contributed by atoms with Gasteiger partial charge >= 0.3 is 0 Å². The molecule has 0 atom stereocenters. The molecule has 160 valence electrons. The molecule has 0 aliphatic heterocycles. The second kappa shape index (κ2) is 11.0. The number of carbonyl (C=O) groups is 1. The fraction of sp³-hybridized carbons (Fsp3) is 0.125. The summed E-state index contributed by atoms with van der Waals surface area (Å²) >= 11 is 0. The van der Waals surface area contributed by atoms with Gasteiger partial charge in [-0.3, -0.25) is 9.59 Å². The Morgan fingerprint density at radius 3 is 2.25 bits per heavy atom. The van der Waals surface area contributed by atoms with Crippen molar-refractivity contribution in [3.63, 3.8) is 0 Å². The molecule has 0 saturated carbocycles. The summed E-state index contributed by atoms with van der Waals surface area (Å²) in [6, 6.07) is 14.1. The highest BCUT2D eigenvalue weighted by Crippen LogP contribution is 2.12. The van der Waals surface area contributed by atoms with Crippen molar-refractivity contribution >= 4 is 11.6 Å². The van der Waals surface area contributed by atoms with Crippen LogP contribution >= 0.6 is 0 Å². The zero-order valence-corrected chi connectivity index (χ0v) is 17.0. The Morgan fingerprint density at radius 2 is 1.62 bits per heavy atom. The predicted octanol–water partition coefficient (Wildman–Crippen LogP) is 1.21. The van der Waals surface area contributed by atoms with E-state index in [1.165, 1.54) is 6.33 Å². The van der Waals surface area contributed by atoms with Crippen molar-refractivity contribution in [1.82, 2.24) is 15.3 Å². The molecule has 5 N–H and O–H groups in total. The molecule has 0 fully saturated rings. The summed E-state index contributed by atoms with van der Waals surface area (Å²) in [5.41, 5.74) is 2.46. The third kappa shape index (κ3) is 6.23. The van der Waals surface area contributed by atoms with Crippen molar-refractivity contribution in [3.05, 3.63) is 87.6 Å². The Morgan fingerprint density at radius 1 is 1.00 bits per heavy atom. The molecule has 8 nitrogen and oxygen atoms in total. The molecule has 0 radical (unpaired) electrons. The molecule has 0 saturated heterocycles. The van der Waals surface area contributed by atoms with E-state index in [4.69, 9.17) is 5.11 Å². The lowest BCUT2D eigenvalue weighted by atomic mass is 10.1. The Bertz CT molecular complexity index is 1260. The third-order valence-electron chi connectivity index (χ3n) is 4.27. The van der Waals surface area contributed by atoms with Crippen LogP contribution in [0, 0.1) is 23.7 Å². The van der Waals surface area contributed by atoms with Crippen molar-refractivity contribution in [2.24, 2.45) is 0 Å². The number of nitrogens with zero attached hydrogens (tertiary/aromatic N) is 1. The van der Waals surface area contributed by atoms with Gasteiger partial charge in [0.1, 0.15) is 5.69 Å². The molecule has 0 unspecified atom stereocenters. The van der Waals surface area contributed by atoms with Gasteiger partial charge in [0.05, 0.1) is 19.5 Å². The number of anilines is 1. The van der Waals surface area contributed by atoms with Crippen LogP contribution in [0.5, 0.6) is 5.75 Å². The highest BCUT2D eigenvalue weighted by atomic mass is 16.3. The number of aromatic hydroxyl groups is 1. The van der Waals surface area contributed by atoms with Crippen LogP contribution in [-0.2, 0) is 6.54 Å². The fourth-order valence-corrected chi connectivity index (χ4v) is 2.60. The number of aliphatic hydroxyl groups is 1. The van der Waals surface area contributed by atoms with E-state index in [0.717, 1.165) is 16.8 Å². The molecule has 1 amide bonds. The van der Waals surface area contributed by atoms with Crippen LogP contribution in [-0.4, -0.2) is 39.2 Å². The zero-order valence-electron chi connectivity index (χ0n) is 17.0. The van der Waals surface area contributed by atoms with E-state index in [1.54, 1.807) is 24.3 Å². The average Bonchev–Trinajstić information content (AvgIpc) is 2.82. The summed E-state index contributed by atoms with van der Waals surface area (Å²) in [5.74, 6) is 10.8. The summed E-state index contributed by atoms with van der Waals surface area (Å²) in [4.78, 5) is 29.4. The number of H-pyrrole nitrogens is 1. The summed E-state index contributed by atoms with van der Waals surface area (Å²) in [7, 11) is 0. The van der Waals surface area contributed by atoms with Gasteiger partial charge in [0.25, 0.3) is 11.5 Å². The lowest BCUT2D eigenvalue weighted by Crippen LogP contribution is -2.26. The first-order valence-corrected chi connectivity index (χ1v) is 9.67. The lowest BCUT2D eigenvalue weighted by molar-refractivity contribution is 0.0945. The Balaban J connectivity index is 1.55. The van der Waals surface area contributed by atoms with Crippen LogP contribution < -0.4 is 16.2 Å². The van der Waals surface area contributed by atoms with E-state index in [0.29, 0.717) is 5.56 Å². The van der Waals surface area contributed by atoms with Crippen LogP contribution in [0.1, 0.15) is 27.2 Å². The molecule has 8 heteroatoms. The largest absolute Gasteiger partial charge is 0.502 e. The SMILES string of the molecule is O=C(NCCO)c1ccc(C#CC#Cc2ccc(NCc3nc[nH]c(=O)c3O)cc2)cc1. The normalized spacial score (nSPS) is 9.66. The lowest BCUT2D eigenvalue weighted by Gasteiger charge is -2.06. The van der Waals surface area contributed by atoms with E-state index in [1.807, 2.05) is 24.3 Å². The van der Waals surface area contributed by atoms with Crippen molar-refractivity contribution < 1.29 is 15.0 Å². The van der Waals surface area contributed by atoms with E-state index < -0.39 is 11.3 Å². The maximum Gasteiger partial charge on any atom is 0.293 e. The van der Waals surface area contributed by atoms with Gasteiger partial charge in [-0.1, -0.05) is 11.8 Å². The molecule has 32 heavy (non-hydrogen) atoms. The summed E-state index contributed by atoms with van der Waals surface area (Å²) in [6.07, 6.45) is 1.24. The number of amides is 1. The van der Waals surface area contributed by atoms with Gasteiger partial charge in [-0.15, -0.1) is 0 Å². The first kappa shape index (κ1) is 22.2. The quantitative estimate of drug-likeness (QED) is 0.376. The number of benzene rings is 2. The van der Waals surface area contributed by atoms with Crippen molar-refractivity contribution in [3.8, 4) is 29.4 Å². The molecule has 1 aromatic heterocycles. The van der Waals surface area contributed by atoms with Gasteiger partial charge in [-0.25, -0.2) is 4.98 Å². The summed E-state index contributed by atoms with van der Waals surface area (Å²) < 4.78 is 0. The average molecular weight is 428 g/mol. The Hall–Kier alpha value is -4.53. The summed E-state index contributed by atoms with van der Waals surface area (Å²) in [6.45, 7) is 0.307. The monoisotopic (exact) mass is 428 g/mol. The minimum Gasteiger partial charge on any atom is -0.502 e. The van der Waals surface area contributed by atoms with Crippen LogP contribution in [0.2, 0.25) is 0 Å². The van der Waals surface area contributed by atoms with Gasteiger partial charge in [0.2, 0.25) is 5.75 Å². The molecular formula is C24H20N4O4. The van der Waals surface area contributed by atoms with Crippen LogP contribution in [0.15, 0.2) is 59.7 Å². The van der Waals surface area contributed by atoms with Gasteiger partial charge in [-0.2, -0.15) is 0 Å². The van der Waals surface area contributed by atoms with E-state index >= 15 is 0 Å². The smallest absolute Gasteiger partial charge is 0.293 e. The number of aliphatic hydroxyl groups excluding tert-OH is 1. The minimum atomic E-state index is -0.581. The van der Waals surface area contributed by atoms with Crippen molar-refractivity contribution in [2.45, 2.75) is 6.54 Å². The molecule has 0 spiro atoms. The molecule has 1 heterocycles. The fourth-order valence-electron chi connectivity index (χ4n) is 2.60. The number of rotatable bonds is 6. The first-order chi connectivity index (χ1) is 15.6. The van der Waals surface area contributed by atoms with Crippen molar-refractivity contribution in [2.75, 3.05) is 18.5 Å². The number of carbonyl (C=O) groups excluding carboxylic acids is 1. The Kier molecular flexibility index (Phi) is 7.63. The van der Waals surface area contributed by atoms with Gasteiger partial charge in [0.15, 0.2) is 0 Å². The second-order valence-electron chi connectivity index (χ2n) is 6.51. The maximum absolute atomic E-state index is 11.8. The minimum absolute atomic E-state index is 0.106. The van der Waals surface area contributed by atoms with E-state index in [2.05, 4.69) is 44.3 Å². The highest BCUT2D eigenvalue weighted by Gasteiger charge is 2.06. The molecule has 2 aromatic carbocycles. The molecular weight excluding hydrogens is 408 g/mol. The van der Waals surface area contributed by atoms with Gasteiger partial charge in [0, 0.05) is 28.9 Å². The van der Waals surface area contributed by atoms with Crippen LogP contribution in [0.25, 0.3) is 0 Å². The maximum atomic E-state index is 11.8. The standard InChI is InChI=1S/C24H20N4O4/c29-14-13-25-23(31)19-9-5-17(6-10-19)3-1-2-4-18-7-11-20(12-8-18)26-15-21-22(30)24(32)28-16-27-21/h5-12,16,26,29-30H,13-15H2,(H,25,31)(H,27,28,32). The number of hydrogen-bond acceptors (Lipinski definition) is 6. The summed E-state index contributed by atoms with van der Waals surface area (Å²) in [5, 5.41) is 24.1. The molecule has 3 rings (SSSR count). The van der Waals surface area contributed by atoms with E-state index in [-0.39, 0.29) is 31.3 Å². The molecule has 3 aromatic rings. The van der Waals surface area contributed by atoms with E-state index in [9.17, 15) is 14.7 Å². The Labute approximate surface area is 184 Å².